The first-order chi connectivity index (χ1) is 15.8. The number of aromatic carboxylic acids is 1. The number of hydrogen-bond acceptors (Lipinski definition) is 4. The van der Waals surface area contributed by atoms with Crippen LogP contribution in [0.25, 0.3) is 0 Å². The number of anilines is 3. The van der Waals surface area contributed by atoms with Crippen molar-refractivity contribution in [3.63, 3.8) is 0 Å². The van der Waals surface area contributed by atoms with Crippen LogP contribution in [0.1, 0.15) is 38.8 Å². The number of piperazine rings is 1. The Kier molecular flexibility index (Phi) is 6.36. The summed E-state index contributed by atoms with van der Waals surface area (Å²) in [6.45, 7) is 8.43. The zero-order valence-corrected chi connectivity index (χ0v) is 19.2. The van der Waals surface area contributed by atoms with Gasteiger partial charge in [0.1, 0.15) is 0 Å². The Morgan fingerprint density at radius 2 is 1.70 bits per heavy atom. The molecule has 0 radical (unpaired) electrons. The number of nitrogens with zero attached hydrogens (tertiary/aromatic N) is 2. The van der Waals surface area contributed by atoms with E-state index in [0.717, 1.165) is 12.1 Å². The molecule has 0 aromatic heterocycles. The van der Waals surface area contributed by atoms with Crippen molar-refractivity contribution in [2.45, 2.75) is 26.8 Å². The van der Waals surface area contributed by atoms with Gasteiger partial charge in [0.25, 0.3) is 5.91 Å². The lowest BCUT2D eigenvalue weighted by molar-refractivity contribution is 0.0697. The molecule has 170 valence electrons. The molecule has 1 saturated heterocycles. The Hall–Kier alpha value is -3.80. The van der Waals surface area contributed by atoms with Crippen LogP contribution in [0, 0.1) is 13.8 Å². The van der Waals surface area contributed by atoms with Crippen LogP contribution in [0.3, 0.4) is 0 Å². The maximum absolute atomic E-state index is 12.6. The van der Waals surface area contributed by atoms with Crippen LogP contribution < -0.4 is 15.1 Å². The van der Waals surface area contributed by atoms with E-state index in [1.54, 1.807) is 30.3 Å². The van der Waals surface area contributed by atoms with Crippen molar-refractivity contribution >= 4 is 28.9 Å². The highest BCUT2D eigenvalue weighted by atomic mass is 16.4. The van der Waals surface area contributed by atoms with Crippen molar-refractivity contribution in [3.8, 4) is 0 Å². The Morgan fingerprint density at radius 3 is 2.36 bits per heavy atom. The van der Waals surface area contributed by atoms with Crippen molar-refractivity contribution in [3.05, 3.63) is 89.0 Å². The average Bonchev–Trinajstić information content (AvgIpc) is 2.79. The summed E-state index contributed by atoms with van der Waals surface area (Å²) in [5, 5.41) is 12.7. The zero-order valence-electron chi connectivity index (χ0n) is 19.2. The van der Waals surface area contributed by atoms with Crippen LogP contribution in [-0.4, -0.2) is 42.7 Å². The largest absolute Gasteiger partial charge is 0.478 e. The molecule has 3 aromatic rings. The Balaban J connectivity index is 1.52. The van der Waals surface area contributed by atoms with Crippen molar-refractivity contribution in [2.75, 3.05) is 34.8 Å². The smallest absolute Gasteiger partial charge is 0.337 e. The van der Waals surface area contributed by atoms with E-state index in [4.69, 9.17) is 0 Å². The summed E-state index contributed by atoms with van der Waals surface area (Å²) >= 11 is 0. The highest BCUT2D eigenvalue weighted by Crippen LogP contribution is 2.29. The summed E-state index contributed by atoms with van der Waals surface area (Å²) in [6, 6.07) is 21.0. The van der Waals surface area contributed by atoms with E-state index < -0.39 is 5.97 Å². The molecule has 0 spiro atoms. The minimum absolute atomic E-state index is 0.188. The third kappa shape index (κ3) is 5.00. The lowest BCUT2D eigenvalue weighted by atomic mass is 10.1. The first kappa shape index (κ1) is 22.4. The summed E-state index contributed by atoms with van der Waals surface area (Å²) in [5.41, 5.74) is 5.34. The third-order valence-corrected chi connectivity index (χ3v) is 6.10. The van der Waals surface area contributed by atoms with Crippen LogP contribution >= 0.6 is 0 Å². The molecule has 1 unspecified atom stereocenters. The number of carboxylic acid groups (broad SMARTS) is 1. The third-order valence-electron chi connectivity index (χ3n) is 6.10. The number of carbonyl (C=O) groups excluding carboxylic acids is 1. The molecule has 0 aliphatic carbocycles. The molecule has 3 aromatic carbocycles. The molecule has 4 rings (SSSR count). The van der Waals surface area contributed by atoms with Gasteiger partial charge in [0.15, 0.2) is 0 Å². The Bertz CT molecular complexity index is 1170. The molecule has 1 heterocycles. The first-order valence-corrected chi connectivity index (χ1v) is 11.2. The van der Waals surface area contributed by atoms with Gasteiger partial charge in [-0.3, -0.25) is 4.79 Å². The first-order valence-electron chi connectivity index (χ1n) is 11.2. The lowest BCUT2D eigenvalue weighted by Crippen LogP contribution is -2.52. The quantitative estimate of drug-likeness (QED) is 0.583. The normalized spacial score (nSPS) is 15.9. The van der Waals surface area contributed by atoms with Gasteiger partial charge in [-0.1, -0.05) is 29.8 Å². The monoisotopic (exact) mass is 443 g/mol. The van der Waals surface area contributed by atoms with Gasteiger partial charge in [-0.15, -0.1) is 0 Å². The molecular weight excluding hydrogens is 414 g/mol. The number of carbonyl (C=O) groups is 2. The highest BCUT2D eigenvalue weighted by molar-refractivity contribution is 6.05. The predicted molar refractivity (Wildman–Crippen MR) is 133 cm³/mol. The lowest BCUT2D eigenvalue weighted by Gasteiger charge is -2.42. The van der Waals surface area contributed by atoms with E-state index in [-0.39, 0.29) is 17.5 Å². The molecule has 33 heavy (non-hydrogen) atoms. The molecule has 1 aliphatic rings. The minimum atomic E-state index is -1.01. The predicted octanol–water partition coefficient (Wildman–Crippen LogP) is 4.97. The fourth-order valence-electron chi connectivity index (χ4n) is 4.34. The number of benzene rings is 3. The Morgan fingerprint density at radius 1 is 0.939 bits per heavy atom. The Labute approximate surface area is 194 Å². The van der Waals surface area contributed by atoms with E-state index in [2.05, 4.69) is 53.2 Å². The number of amides is 1. The number of rotatable bonds is 5. The van der Waals surface area contributed by atoms with Gasteiger partial charge in [0.05, 0.1) is 11.3 Å². The molecule has 0 bridgehead atoms. The molecule has 1 fully saturated rings. The summed E-state index contributed by atoms with van der Waals surface area (Å²) in [7, 11) is 0. The van der Waals surface area contributed by atoms with Crippen LogP contribution in [0.2, 0.25) is 0 Å². The summed E-state index contributed by atoms with van der Waals surface area (Å²) in [6.07, 6.45) is 0. The van der Waals surface area contributed by atoms with E-state index in [9.17, 15) is 14.7 Å². The minimum Gasteiger partial charge on any atom is -0.478 e. The number of carboxylic acids is 1. The van der Waals surface area contributed by atoms with Crippen LogP contribution in [0.4, 0.5) is 17.1 Å². The van der Waals surface area contributed by atoms with Crippen molar-refractivity contribution in [1.82, 2.24) is 0 Å². The maximum atomic E-state index is 12.6. The molecule has 6 heteroatoms. The van der Waals surface area contributed by atoms with Gasteiger partial charge in [-0.05, 0) is 68.8 Å². The molecule has 6 nitrogen and oxygen atoms in total. The van der Waals surface area contributed by atoms with E-state index in [1.165, 1.54) is 11.3 Å². The van der Waals surface area contributed by atoms with E-state index >= 15 is 0 Å². The molecular formula is C27H29N3O3. The van der Waals surface area contributed by atoms with Gasteiger partial charge in [0.2, 0.25) is 0 Å². The van der Waals surface area contributed by atoms with Gasteiger partial charge < -0.3 is 20.2 Å². The molecule has 2 N–H and O–H groups in total. The van der Waals surface area contributed by atoms with Crippen molar-refractivity contribution in [2.24, 2.45) is 0 Å². The van der Waals surface area contributed by atoms with Crippen LogP contribution in [-0.2, 0) is 0 Å². The molecule has 0 saturated carbocycles. The summed E-state index contributed by atoms with van der Waals surface area (Å²) in [4.78, 5) is 29.1. The fourth-order valence-corrected chi connectivity index (χ4v) is 4.34. The summed E-state index contributed by atoms with van der Waals surface area (Å²) in [5.74, 6) is -1.27. The topological polar surface area (TPSA) is 72.9 Å². The SMILES string of the molecule is Cc1ccc(C(=O)Nc2ccc(N3CCN(c4cccc(C)c4)C(C)C3)c(C(=O)O)c2)cc1. The standard InChI is InChI=1S/C27H29N3O3/c1-18-7-9-21(10-8-18)26(31)28-22-11-12-25(24(16-22)27(32)33)29-13-14-30(20(3)17-29)23-6-4-5-19(2)15-23/h4-12,15-16,20H,13-14,17H2,1-3H3,(H,28,31)(H,32,33). The van der Waals surface area contributed by atoms with Crippen molar-refractivity contribution < 1.29 is 14.7 Å². The van der Waals surface area contributed by atoms with Gasteiger partial charge in [-0.2, -0.15) is 0 Å². The van der Waals surface area contributed by atoms with E-state index in [0.29, 0.717) is 30.0 Å². The number of hydrogen-bond donors (Lipinski definition) is 2. The highest BCUT2D eigenvalue weighted by Gasteiger charge is 2.27. The summed E-state index contributed by atoms with van der Waals surface area (Å²) < 4.78 is 0. The second-order valence-corrected chi connectivity index (χ2v) is 8.68. The van der Waals surface area contributed by atoms with E-state index in [1.807, 2.05) is 19.1 Å². The molecule has 1 atom stereocenters. The molecule has 1 amide bonds. The van der Waals surface area contributed by atoms with Crippen LogP contribution in [0.5, 0.6) is 0 Å². The number of aryl methyl sites for hydroxylation is 2. The zero-order chi connectivity index (χ0) is 23.5. The second kappa shape index (κ2) is 9.36. The number of nitrogens with one attached hydrogen (secondary N) is 1. The maximum Gasteiger partial charge on any atom is 0.337 e. The molecule has 1 aliphatic heterocycles. The van der Waals surface area contributed by atoms with Crippen molar-refractivity contribution in [1.29, 1.82) is 0 Å². The fraction of sp³-hybridized carbons (Fsp3) is 0.259. The van der Waals surface area contributed by atoms with Gasteiger partial charge >= 0.3 is 5.97 Å². The second-order valence-electron chi connectivity index (χ2n) is 8.68. The average molecular weight is 444 g/mol. The van der Waals surface area contributed by atoms with Gasteiger partial charge in [0, 0.05) is 42.6 Å². The van der Waals surface area contributed by atoms with Crippen LogP contribution in [0.15, 0.2) is 66.7 Å². The van der Waals surface area contributed by atoms with Gasteiger partial charge in [-0.25, -0.2) is 4.79 Å².